The van der Waals surface area contributed by atoms with Crippen LogP contribution in [0, 0.1) is 0 Å². The van der Waals surface area contributed by atoms with E-state index >= 15 is 0 Å². The van der Waals surface area contributed by atoms with Crippen LogP contribution in [0.3, 0.4) is 0 Å². The second kappa shape index (κ2) is 5.97. The lowest BCUT2D eigenvalue weighted by Gasteiger charge is -2.21. The Morgan fingerprint density at radius 3 is 2.29 bits per heavy atom. The third-order valence-corrected chi connectivity index (χ3v) is 2.84. The first-order chi connectivity index (χ1) is 7.52. The Kier molecular flexibility index (Phi) is 5.56. The smallest absolute Gasteiger partial charge is 0.306 e. The van der Waals surface area contributed by atoms with Crippen LogP contribution >= 0.6 is 0 Å². The predicted octanol–water partition coefficient (Wildman–Crippen LogP) is -1.24. The van der Waals surface area contributed by atoms with E-state index in [1.165, 1.54) is 6.92 Å². The van der Waals surface area contributed by atoms with Crippen LogP contribution in [0.2, 0.25) is 0 Å². The van der Waals surface area contributed by atoms with Crippen molar-refractivity contribution >= 4 is 21.7 Å². The zero-order valence-electron chi connectivity index (χ0n) is 9.76. The van der Waals surface area contributed by atoms with Gasteiger partial charge >= 0.3 is 5.97 Å². The van der Waals surface area contributed by atoms with Crippen LogP contribution in [0.1, 0.15) is 19.8 Å². The van der Waals surface area contributed by atoms with Crippen molar-refractivity contribution in [2.75, 3.05) is 18.6 Å². The summed E-state index contributed by atoms with van der Waals surface area (Å²) in [6.07, 6.45) is 0.308. The summed E-state index contributed by atoms with van der Waals surface area (Å²) in [4.78, 5) is 21.6. The number of sulfone groups is 1. The maximum Gasteiger partial charge on any atom is 0.306 e. The number of carboxylic acids is 1. The molecule has 0 bridgehead atoms. The Morgan fingerprint density at radius 1 is 1.35 bits per heavy atom. The molecule has 8 heteroatoms. The van der Waals surface area contributed by atoms with Gasteiger partial charge < -0.3 is 15.5 Å². The molecule has 100 valence electrons. The third kappa shape index (κ3) is 9.76. The van der Waals surface area contributed by atoms with Crippen LogP contribution in [0.5, 0.6) is 0 Å². The Morgan fingerprint density at radius 2 is 1.88 bits per heavy atom. The van der Waals surface area contributed by atoms with Gasteiger partial charge in [-0.3, -0.25) is 9.59 Å². The largest absolute Gasteiger partial charge is 0.481 e. The molecule has 7 nitrogen and oxygen atoms in total. The lowest BCUT2D eigenvalue weighted by atomic mass is 10.0. The van der Waals surface area contributed by atoms with E-state index in [1.54, 1.807) is 0 Å². The molecule has 0 aromatic rings. The molecule has 0 radical (unpaired) electrons. The molecule has 1 unspecified atom stereocenters. The van der Waals surface area contributed by atoms with Gasteiger partial charge in [0.2, 0.25) is 5.91 Å². The number of nitrogens with one attached hydrogen (secondary N) is 1. The maximum absolute atomic E-state index is 11.2. The number of aliphatic carboxylic acids is 1. The lowest BCUT2D eigenvalue weighted by Crippen LogP contribution is -2.42. The highest BCUT2D eigenvalue weighted by Gasteiger charge is 2.24. The summed E-state index contributed by atoms with van der Waals surface area (Å²) in [6.45, 7) is 1.04. The number of carboxylic acid groups (broad SMARTS) is 1. The number of amides is 1. The summed E-state index contributed by atoms with van der Waals surface area (Å²) < 4.78 is 21.6. The van der Waals surface area contributed by atoms with Crippen molar-refractivity contribution < 1.29 is 28.2 Å². The SMILES string of the molecule is CC(O)(CNC(=O)CCS(C)(=O)=O)CC(=O)O. The normalized spacial score (nSPS) is 15.0. The van der Waals surface area contributed by atoms with Gasteiger partial charge in [-0.05, 0) is 6.92 Å². The number of carbonyl (C=O) groups is 2. The number of hydrogen-bond donors (Lipinski definition) is 3. The van der Waals surface area contributed by atoms with Crippen molar-refractivity contribution in [3.8, 4) is 0 Å². The fraction of sp³-hybridized carbons (Fsp3) is 0.778. The summed E-state index contributed by atoms with van der Waals surface area (Å²) in [6, 6.07) is 0. The molecular weight excluding hydrogens is 250 g/mol. The molecule has 1 amide bonds. The van der Waals surface area contributed by atoms with Crippen molar-refractivity contribution in [2.24, 2.45) is 0 Å². The molecule has 0 aliphatic heterocycles. The second-order valence-electron chi connectivity index (χ2n) is 4.22. The van der Waals surface area contributed by atoms with Crippen molar-refractivity contribution in [3.05, 3.63) is 0 Å². The Bertz CT molecular complexity index is 386. The monoisotopic (exact) mass is 267 g/mol. The zero-order chi connectivity index (χ0) is 13.7. The molecule has 0 aliphatic carbocycles. The molecule has 0 aliphatic rings. The minimum Gasteiger partial charge on any atom is -0.481 e. The van der Waals surface area contributed by atoms with Gasteiger partial charge in [0, 0.05) is 19.2 Å². The van der Waals surface area contributed by atoms with Crippen LogP contribution in [0.4, 0.5) is 0 Å². The minimum absolute atomic E-state index is 0.206. The average molecular weight is 267 g/mol. The summed E-state index contributed by atoms with van der Waals surface area (Å²) in [5.41, 5.74) is -1.55. The van der Waals surface area contributed by atoms with E-state index < -0.39 is 33.7 Å². The molecule has 0 saturated carbocycles. The summed E-state index contributed by atoms with van der Waals surface area (Å²) >= 11 is 0. The van der Waals surface area contributed by atoms with Gasteiger partial charge in [0.1, 0.15) is 9.84 Å². The minimum atomic E-state index is -3.21. The van der Waals surface area contributed by atoms with E-state index in [0.29, 0.717) is 0 Å². The molecule has 17 heavy (non-hydrogen) atoms. The van der Waals surface area contributed by atoms with Gasteiger partial charge in [-0.2, -0.15) is 0 Å². The zero-order valence-corrected chi connectivity index (χ0v) is 10.6. The van der Waals surface area contributed by atoms with Gasteiger partial charge in [-0.25, -0.2) is 8.42 Å². The first-order valence-electron chi connectivity index (χ1n) is 4.90. The van der Waals surface area contributed by atoms with Gasteiger partial charge in [0.25, 0.3) is 0 Å². The average Bonchev–Trinajstić information content (AvgIpc) is 2.08. The Hall–Kier alpha value is -1.15. The van der Waals surface area contributed by atoms with E-state index in [-0.39, 0.29) is 18.7 Å². The summed E-state index contributed by atoms with van der Waals surface area (Å²) in [5.74, 6) is -2.00. The maximum atomic E-state index is 11.2. The summed E-state index contributed by atoms with van der Waals surface area (Å²) in [5, 5.41) is 20.3. The van der Waals surface area contributed by atoms with Crippen LogP contribution < -0.4 is 5.32 Å². The molecule has 0 aromatic carbocycles. The van der Waals surface area contributed by atoms with E-state index in [4.69, 9.17) is 5.11 Å². The third-order valence-electron chi connectivity index (χ3n) is 1.90. The molecular formula is C9H17NO6S. The van der Waals surface area contributed by atoms with Gasteiger partial charge in [0.15, 0.2) is 0 Å². The molecule has 0 saturated heterocycles. The molecule has 0 rings (SSSR count). The van der Waals surface area contributed by atoms with Gasteiger partial charge in [-0.15, -0.1) is 0 Å². The van der Waals surface area contributed by atoms with E-state index in [0.717, 1.165) is 6.26 Å². The van der Waals surface area contributed by atoms with Crippen LogP contribution in [0.15, 0.2) is 0 Å². The fourth-order valence-corrected chi connectivity index (χ4v) is 1.60. The number of aliphatic hydroxyl groups is 1. The lowest BCUT2D eigenvalue weighted by molar-refractivity contribution is -0.142. The Balaban J connectivity index is 4.03. The highest BCUT2D eigenvalue weighted by Crippen LogP contribution is 2.07. The van der Waals surface area contributed by atoms with Gasteiger partial charge in [-0.1, -0.05) is 0 Å². The number of rotatable bonds is 7. The molecule has 0 heterocycles. The molecule has 0 spiro atoms. The van der Waals surface area contributed by atoms with E-state index in [1.807, 2.05) is 0 Å². The number of carbonyl (C=O) groups excluding carboxylic acids is 1. The molecule has 1 atom stereocenters. The first-order valence-corrected chi connectivity index (χ1v) is 6.96. The Labute approximate surface area is 99.7 Å². The first kappa shape index (κ1) is 15.9. The topological polar surface area (TPSA) is 121 Å². The molecule has 0 aromatic heterocycles. The predicted molar refractivity (Wildman–Crippen MR) is 60.2 cm³/mol. The standard InChI is InChI=1S/C9H17NO6S/c1-9(14,5-8(12)13)6-10-7(11)3-4-17(2,15)16/h14H,3-6H2,1-2H3,(H,10,11)(H,12,13). The highest BCUT2D eigenvalue weighted by atomic mass is 32.2. The second-order valence-corrected chi connectivity index (χ2v) is 6.48. The fourth-order valence-electron chi connectivity index (χ4n) is 1.04. The summed E-state index contributed by atoms with van der Waals surface area (Å²) in [7, 11) is -3.21. The van der Waals surface area contributed by atoms with Crippen LogP contribution in [0.25, 0.3) is 0 Å². The van der Waals surface area contributed by atoms with E-state index in [2.05, 4.69) is 5.32 Å². The van der Waals surface area contributed by atoms with Crippen LogP contribution in [-0.4, -0.2) is 54.7 Å². The van der Waals surface area contributed by atoms with E-state index in [9.17, 15) is 23.1 Å². The molecule has 3 N–H and O–H groups in total. The van der Waals surface area contributed by atoms with Crippen molar-refractivity contribution in [3.63, 3.8) is 0 Å². The highest BCUT2D eigenvalue weighted by molar-refractivity contribution is 7.90. The quantitative estimate of drug-likeness (QED) is 0.530. The van der Waals surface area contributed by atoms with Crippen molar-refractivity contribution in [1.29, 1.82) is 0 Å². The van der Waals surface area contributed by atoms with Crippen molar-refractivity contribution in [1.82, 2.24) is 5.32 Å². The van der Waals surface area contributed by atoms with Gasteiger partial charge in [0.05, 0.1) is 17.8 Å². The number of hydrogen-bond acceptors (Lipinski definition) is 5. The molecule has 0 fully saturated rings. The van der Waals surface area contributed by atoms with Crippen molar-refractivity contribution in [2.45, 2.75) is 25.4 Å². The van der Waals surface area contributed by atoms with Crippen LogP contribution in [-0.2, 0) is 19.4 Å².